The third-order valence-electron chi connectivity index (χ3n) is 28.1. The molecule has 34 nitrogen and oxygen atoms in total. The molecule has 13 rings (SSSR count). The van der Waals surface area contributed by atoms with E-state index in [4.69, 9.17) is 61.6 Å². The standard InChI is InChI=1S/C16H22N2O.C15H22N2O2.C14H26N2O4.C12H24N2.C11H21NO2.C10H19NO2.C9H15N3O.2C9H17NO2.C8H15NO2/c1-17-9-12-19-14-16-7-10-18(11-8-16)13-15-5-3-2-4-6-15;16-15(18)8-11-19-14-6-9-17(10-7-14)12-13-4-2-1-3-5-13;1-14(2,3)20-13(19)15-11(12(17)18)8-10-6-5-7-16(4)9-10;1-3-7-13(8-4-1)11-12-14-9-5-2-6-10-14;1-3-14-11(13)6-8-12-7-4-5-10(2)9-12;1-2-13-10(12)6-9-11-7-4-3-5-8-11;10-4-1-5-12-6-2-8(3-7-12)9(11)13;1-3-12-9(11)8-5-4-6-10(2)7-8;1-2-12-9(11)8-10-6-4-3-5-7-10;10-8(11)4-7-9-5-2-1-3-6-9/h2-6,16H,7-14H2;1-5,14H,6-12H2,(H2,16,18);10-11H,5-9H2,1-4H3,(H,15,19)(H,17,18);1-12H2;10H,3-9H2,1-2H3;2-9H2,1H3;8H,1-3,5-7H2,(H2,11,13);8H,3-7H2,1-2H3;2-8H2,1H3;1-7H2,(H,10,11). The van der Waals surface area contributed by atoms with Crippen LogP contribution in [0.4, 0.5) is 4.79 Å². The number of nitrogens with zero attached hydrogens (tertiary/aromatic N) is 13. The molecule has 0 bridgehead atoms. The normalized spacial score (nSPS) is 20.7. The number of amides is 3. The van der Waals surface area contributed by atoms with Gasteiger partial charge in [-0.05, 0) is 350 Å². The molecule has 0 radical (unpaired) electrons. The van der Waals surface area contributed by atoms with Crippen molar-refractivity contribution in [2.24, 2.45) is 41.1 Å². The van der Waals surface area contributed by atoms with Crippen molar-refractivity contribution in [2.75, 3.05) is 257 Å². The number of rotatable bonds is 38. The molecule has 3 amide bonds. The van der Waals surface area contributed by atoms with Crippen LogP contribution >= 0.6 is 0 Å². The fraction of sp³-hybridized carbons (Fsp3) is 0.796. The summed E-state index contributed by atoms with van der Waals surface area (Å²) in [6, 6.07) is 22.4. The van der Waals surface area contributed by atoms with Gasteiger partial charge in [-0.2, -0.15) is 5.26 Å². The summed E-state index contributed by atoms with van der Waals surface area (Å²) >= 11 is 0. The lowest BCUT2D eigenvalue weighted by molar-refractivity contribution is -0.150. The molecule has 0 spiro atoms. The van der Waals surface area contributed by atoms with Gasteiger partial charge in [-0.25, -0.2) is 16.2 Å². The van der Waals surface area contributed by atoms with Crippen molar-refractivity contribution < 1.29 is 86.5 Å². The Morgan fingerprint density at radius 1 is 0.456 bits per heavy atom. The van der Waals surface area contributed by atoms with Gasteiger partial charge in [-0.3, -0.25) is 48.3 Å². The number of nitrogens with one attached hydrogen (secondary N) is 1. The van der Waals surface area contributed by atoms with Crippen molar-refractivity contribution in [1.82, 2.24) is 59.2 Å². The molecule has 11 aliphatic rings. The number of alkyl carbamates (subject to hydrolysis) is 1. The average molecular weight is 2070 g/mol. The summed E-state index contributed by atoms with van der Waals surface area (Å²) in [4.78, 5) is 128. The molecule has 838 valence electrons. The van der Waals surface area contributed by atoms with Gasteiger partial charge >= 0.3 is 41.9 Å². The zero-order chi connectivity index (χ0) is 107. The van der Waals surface area contributed by atoms with Gasteiger partial charge in [-0.1, -0.05) is 99.7 Å². The van der Waals surface area contributed by atoms with Crippen LogP contribution < -0.4 is 16.8 Å². The SMILES string of the molecule is C1CCN(CCN2CCCCC2)CC1.CCOC(=O)C1CCCN(C)C1.CCOC(=O)CCN1CCCC(C)C1.CCOC(=O)CCN1CCCCC1.CCOC(=O)CN1CCCCC1.CN1CCCC(CC(NC(=O)OC(C)(C)C)C(=O)O)C1.N#CCCN1CCC(C(N)=O)CC1.NC(=O)CCOC1CCN(Cc2ccccc2)CC1.O=C(O)CCN1CCCCC1.[C-]#[N+]CCOCC1CCN(Cc2ccccc2)CC1. The molecule has 2 aromatic rings. The number of hydrogen-bond acceptors (Lipinski definition) is 28. The first-order valence-corrected chi connectivity index (χ1v) is 56.4. The Labute approximate surface area is 885 Å². The molecule has 147 heavy (non-hydrogen) atoms. The predicted molar refractivity (Wildman–Crippen MR) is 580 cm³/mol. The topological polar surface area (TPSA) is 387 Å². The highest BCUT2D eigenvalue weighted by atomic mass is 16.6. The fourth-order valence-corrected chi connectivity index (χ4v) is 19.9. The van der Waals surface area contributed by atoms with E-state index in [0.29, 0.717) is 103 Å². The van der Waals surface area contributed by atoms with E-state index in [0.717, 1.165) is 221 Å². The smallest absolute Gasteiger partial charge is 0.408 e. The maximum absolute atomic E-state index is 11.7. The number of benzene rings is 2. The summed E-state index contributed by atoms with van der Waals surface area (Å²) < 4.78 is 35.9. The number of hydrogen-bond donors (Lipinski definition) is 5. The van der Waals surface area contributed by atoms with Crippen LogP contribution in [-0.2, 0) is 84.6 Å². The van der Waals surface area contributed by atoms with Gasteiger partial charge in [0, 0.05) is 110 Å². The second-order valence-electron chi connectivity index (χ2n) is 42.1. The fourth-order valence-electron chi connectivity index (χ4n) is 19.9. The summed E-state index contributed by atoms with van der Waals surface area (Å²) in [5.41, 5.74) is 12.4. The van der Waals surface area contributed by atoms with E-state index in [1.165, 1.54) is 172 Å². The van der Waals surface area contributed by atoms with Crippen LogP contribution in [0.1, 0.15) is 278 Å². The van der Waals surface area contributed by atoms with Crippen molar-refractivity contribution in [2.45, 2.75) is 298 Å². The lowest BCUT2D eigenvalue weighted by Crippen LogP contribution is -2.46. The number of nitrogens with two attached hydrogens (primary N) is 2. The summed E-state index contributed by atoms with van der Waals surface area (Å²) in [5.74, 6) is -0.473. The van der Waals surface area contributed by atoms with Gasteiger partial charge in [0.15, 0.2) is 0 Å². The minimum absolute atomic E-state index is 0.0240. The minimum Gasteiger partial charge on any atom is -0.481 e. The molecule has 4 unspecified atom stereocenters. The first-order valence-electron chi connectivity index (χ1n) is 56.4. The number of carboxylic acids is 2. The molecule has 34 heteroatoms. The Morgan fingerprint density at radius 2 is 0.884 bits per heavy atom. The molecule has 11 heterocycles. The Balaban J connectivity index is 0.000000342. The van der Waals surface area contributed by atoms with E-state index in [2.05, 4.69) is 132 Å². The molecule has 0 saturated carbocycles. The molecule has 11 aliphatic heterocycles. The van der Waals surface area contributed by atoms with E-state index in [-0.39, 0.29) is 53.6 Å². The highest BCUT2D eigenvalue weighted by Gasteiger charge is 2.32. The number of nitriles is 1. The van der Waals surface area contributed by atoms with Crippen LogP contribution in [0, 0.1) is 47.5 Å². The van der Waals surface area contributed by atoms with Gasteiger partial charge in [0.2, 0.25) is 18.4 Å². The van der Waals surface area contributed by atoms with Crippen LogP contribution in [0.3, 0.4) is 0 Å². The highest BCUT2D eigenvalue weighted by molar-refractivity contribution is 5.80. The third kappa shape index (κ3) is 68.5. The molecule has 11 fully saturated rings. The van der Waals surface area contributed by atoms with Crippen molar-refractivity contribution >= 4 is 53.7 Å². The zero-order valence-corrected chi connectivity index (χ0v) is 92.6. The molecule has 2 aromatic carbocycles. The summed E-state index contributed by atoms with van der Waals surface area (Å²) in [5, 5.41) is 28.5. The van der Waals surface area contributed by atoms with Crippen molar-refractivity contribution in [1.29, 1.82) is 5.26 Å². The molecule has 0 aromatic heterocycles. The highest BCUT2D eigenvalue weighted by Crippen LogP contribution is 2.26. The predicted octanol–water partition coefficient (Wildman–Crippen LogP) is 14.1. The van der Waals surface area contributed by atoms with Crippen molar-refractivity contribution in [3.63, 3.8) is 0 Å². The number of carbonyl (C=O) groups is 9. The van der Waals surface area contributed by atoms with Crippen LogP contribution in [0.5, 0.6) is 0 Å². The van der Waals surface area contributed by atoms with Crippen molar-refractivity contribution in [3.8, 4) is 6.07 Å². The Kier molecular flexibility index (Phi) is 73.7. The van der Waals surface area contributed by atoms with E-state index in [1.54, 1.807) is 20.8 Å². The van der Waals surface area contributed by atoms with Crippen LogP contribution in [0.2, 0.25) is 0 Å². The number of carboxylic acid groups (broad SMARTS) is 2. The maximum atomic E-state index is 11.7. The molecule has 4 atom stereocenters. The van der Waals surface area contributed by atoms with Crippen LogP contribution in [0.25, 0.3) is 4.85 Å². The number of carbonyl (C=O) groups excluding carboxylic acids is 7. The number of likely N-dealkylation sites (tertiary alicyclic amines) is 11. The monoisotopic (exact) mass is 2070 g/mol. The summed E-state index contributed by atoms with van der Waals surface area (Å²) in [7, 11) is 4.08. The van der Waals surface area contributed by atoms with Crippen LogP contribution in [0.15, 0.2) is 60.7 Å². The van der Waals surface area contributed by atoms with Crippen LogP contribution in [-0.4, -0.2) is 392 Å². The third-order valence-corrected chi connectivity index (χ3v) is 28.1. The Morgan fingerprint density at radius 3 is 1.32 bits per heavy atom. The molecule has 7 N–H and O–H groups in total. The zero-order valence-electron chi connectivity index (χ0n) is 92.6. The lowest BCUT2D eigenvalue weighted by atomic mass is 9.91. The Bertz CT molecular complexity index is 3820. The largest absolute Gasteiger partial charge is 0.481 e. The Hall–Kier alpha value is -8.07. The summed E-state index contributed by atoms with van der Waals surface area (Å²) in [6.07, 6.45) is 35.4. The van der Waals surface area contributed by atoms with Gasteiger partial charge in [-0.15, -0.1) is 0 Å². The van der Waals surface area contributed by atoms with E-state index < -0.39 is 29.7 Å². The number of primary amides is 2. The number of esters is 4. The minimum atomic E-state index is -1.01. The first-order chi connectivity index (χ1) is 70.9. The molecular weight excluding hydrogens is 1870 g/mol. The summed E-state index contributed by atoms with van der Waals surface area (Å²) in [6.45, 7) is 58.8. The first kappa shape index (κ1) is 131. The van der Waals surface area contributed by atoms with Crippen molar-refractivity contribution in [3.05, 3.63) is 83.2 Å². The van der Waals surface area contributed by atoms with E-state index >= 15 is 0 Å². The van der Waals surface area contributed by atoms with E-state index in [9.17, 15) is 48.3 Å². The van der Waals surface area contributed by atoms with Gasteiger partial charge in [0.05, 0.1) is 76.9 Å². The number of aliphatic carboxylic acids is 2. The maximum Gasteiger partial charge on any atom is 0.408 e. The average Bonchev–Trinajstić information content (AvgIpc) is 0.881. The lowest BCUT2D eigenvalue weighted by Gasteiger charge is -2.31. The second-order valence-corrected chi connectivity index (χ2v) is 42.1. The van der Waals surface area contributed by atoms with Gasteiger partial charge < -0.3 is 104 Å². The quantitative estimate of drug-likeness (QED) is 0.0180. The molecule has 11 saturated heterocycles. The molecule has 0 aliphatic carbocycles. The van der Waals surface area contributed by atoms with E-state index in [1.807, 2.05) is 47.9 Å². The van der Waals surface area contributed by atoms with Gasteiger partial charge in [0.25, 0.3) is 0 Å². The van der Waals surface area contributed by atoms with Gasteiger partial charge in [0.1, 0.15) is 18.2 Å². The number of piperidine rings is 11. The molecular formula is C113H198N16O18. The second kappa shape index (κ2) is 82.6. The number of ether oxygens (including phenoxy) is 7.